The number of nitrogens with zero attached hydrogens (tertiary/aromatic N) is 3. The van der Waals surface area contributed by atoms with Crippen molar-refractivity contribution in [3.63, 3.8) is 0 Å². The van der Waals surface area contributed by atoms with Gasteiger partial charge in [0.1, 0.15) is 0 Å². The first kappa shape index (κ1) is 17.5. The molecule has 2 aliphatic rings. The predicted octanol–water partition coefficient (Wildman–Crippen LogP) is 2.79. The van der Waals surface area contributed by atoms with Crippen molar-refractivity contribution in [1.82, 2.24) is 9.88 Å². The van der Waals surface area contributed by atoms with Crippen molar-refractivity contribution in [2.24, 2.45) is 5.92 Å². The molecule has 136 valence electrons. The van der Waals surface area contributed by atoms with Crippen LogP contribution in [-0.4, -0.2) is 47.1 Å². The number of likely N-dealkylation sites (N-methyl/N-ethyl adjacent to an activating group) is 1. The third kappa shape index (κ3) is 2.91. The van der Waals surface area contributed by atoms with E-state index in [1.807, 2.05) is 30.1 Å². The van der Waals surface area contributed by atoms with Crippen molar-refractivity contribution in [3.05, 3.63) is 58.3 Å². The number of benzene rings is 1. The highest BCUT2D eigenvalue weighted by atomic mass is 79.9. The summed E-state index contributed by atoms with van der Waals surface area (Å²) in [4.78, 5) is 21.3. The Kier molecular flexibility index (Phi) is 4.71. The van der Waals surface area contributed by atoms with Crippen LogP contribution in [0.15, 0.2) is 47.2 Å². The minimum Gasteiger partial charge on any atom is -0.394 e. The van der Waals surface area contributed by atoms with Crippen LogP contribution in [0, 0.1) is 5.92 Å². The molecular formula is C20H22BrN3O2. The fourth-order valence-electron chi connectivity index (χ4n) is 4.48. The molecule has 1 aromatic heterocycles. The zero-order chi connectivity index (χ0) is 18.3. The normalized spacial score (nSPS) is 24.3. The molecule has 0 radical (unpaired) electrons. The summed E-state index contributed by atoms with van der Waals surface area (Å²) in [6.07, 6.45) is 4.74. The number of anilines is 1. The molecule has 2 aromatic rings. The molecule has 5 nitrogen and oxygen atoms in total. The highest BCUT2D eigenvalue weighted by Crippen LogP contribution is 2.49. The largest absolute Gasteiger partial charge is 0.394 e. The van der Waals surface area contributed by atoms with Crippen LogP contribution in [0.1, 0.15) is 23.6 Å². The Bertz CT molecular complexity index is 814. The second-order valence-electron chi connectivity index (χ2n) is 7.09. The molecular weight excluding hydrogens is 394 g/mol. The van der Waals surface area contributed by atoms with E-state index in [4.69, 9.17) is 0 Å². The zero-order valence-electron chi connectivity index (χ0n) is 14.7. The van der Waals surface area contributed by atoms with Crippen molar-refractivity contribution in [2.75, 3.05) is 25.1 Å². The number of aromatic nitrogens is 1. The molecule has 2 aliphatic heterocycles. The molecule has 1 fully saturated rings. The number of amides is 1. The first-order valence-corrected chi connectivity index (χ1v) is 9.71. The van der Waals surface area contributed by atoms with Crippen molar-refractivity contribution in [1.29, 1.82) is 0 Å². The average molecular weight is 416 g/mol. The first-order chi connectivity index (χ1) is 12.6. The third-order valence-electron chi connectivity index (χ3n) is 5.71. The number of carbonyl (C=O) groups excluding carboxylic acids is 1. The van der Waals surface area contributed by atoms with Crippen LogP contribution in [0.25, 0.3) is 0 Å². The van der Waals surface area contributed by atoms with Crippen molar-refractivity contribution in [3.8, 4) is 0 Å². The lowest BCUT2D eigenvalue weighted by Crippen LogP contribution is -2.48. The Morgan fingerprint density at radius 2 is 2.23 bits per heavy atom. The Hall–Kier alpha value is -1.92. The minimum atomic E-state index is 0.0139. The van der Waals surface area contributed by atoms with Crippen LogP contribution in [0.3, 0.4) is 0 Å². The van der Waals surface area contributed by atoms with Crippen LogP contribution < -0.4 is 4.90 Å². The monoisotopic (exact) mass is 415 g/mol. The number of fused-ring (bicyclic) bond motifs is 3. The maximum Gasteiger partial charge on any atom is 0.227 e. The van der Waals surface area contributed by atoms with Gasteiger partial charge in [-0.15, -0.1) is 0 Å². The van der Waals surface area contributed by atoms with Gasteiger partial charge in [-0.05, 0) is 41.8 Å². The SMILES string of the molecule is CN1c2ccc(Br)cc2[C@H]2[C@H](CCN2C(=O)Cc2cccnc2)[C@@H]1CO. The molecule has 1 N–H and O–H groups in total. The molecule has 0 saturated carbocycles. The number of carbonyl (C=O) groups is 1. The smallest absolute Gasteiger partial charge is 0.227 e. The molecule has 1 saturated heterocycles. The van der Waals surface area contributed by atoms with E-state index in [-0.39, 0.29) is 30.5 Å². The van der Waals surface area contributed by atoms with Crippen LogP contribution >= 0.6 is 15.9 Å². The van der Waals surface area contributed by atoms with E-state index < -0.39 is 0 Å². The Balaban J connectivity index is 1.69. The van der Waals surface area contributed by atoms with E-state index in [0.29, 0.717) is 6.42 Å². The molecule has 0 bridgehead atoms. The summed E-state index contributed by atoms with van der Waals surface area (Å²) in [6.45, 7) is 0.822. The van der Waals surface area contributed by atoms with Gasteiger partial charge in [0.15, 0.2) is 0 Å². The lowest BCUT2D eigenvalue weighted by Gasteiger charge is -2.44. The summed E-state index contributed by atoms with van der Waals surface area (Å²) in [5, 5.41) is 9.99. The highest BCUT2D eigenvalue weighted by molar-refractivity contribution is 9.10. The van der Waals surface area contributed by atoms with Gasteiger partial charge in [0, 0.05) is 42.1 Å². The fourth-order valence-corrected chi connectivity index (χ4v) is 4.86. The van der Waals surface area contributed by atoms with Crippen LogP contribution in [0.2, 0.25) is 0 Å². The van der Waals surface area contributed by atoms with Crippen molar-refractivity contribution in [2.45, 2.75) is 24.9 Å². The number of hydrogen-bond acceptors (Lipinski definition) is 4. The number of aliphatic hydroxyl groups excluding tert-OH is 1. The molecule has 0 spiro atoms. The van der Waals surface area contributed by atoms with Gasteiger partial charge in [0.05, 0.1) is 25.1 Å². The fraction of sp³-hybridized carbons (Fsp3) is 0.400. The minimum absolute atomic E-state index is 0.0139. The highest BCUT2D eigenvalue weighted by Gasteiger charge is 2.47. The molecule has 0 aliphatic carbocycles. The number of hydrogen-bond donors (Lipinski definition) is 1. The van der Waals surface area contributed by atoms with Gasteiger partial charge in [-0.1, -0.05) is 22.0 Å². The van der Waals surface area contributed by atoms with Crippen LogP contribution in [0.4, 0.5) is 5.69 Å². The van der Waals surface area contributed by atoms with E-state index in [2.05, 4.69) is 37.9 Å². The van der Waals surface area contributed by atoms with Crippen molar-refractivity contribution < 1.29 is 9.90 Å². The zero-order valence-corrected chi connectivity index (χ0v) is 16.3. The number of rotatable bonds is 3. The van der Waals surface area contributed by atoms with Crippen molar-refractivity contribution >= 4 is 27.5 Å². The summed E-state index contributed by atoms with van der Waals surface area (Å²) in [5.41, 5.74) is 3.19. The van der Waals surface area contributed by atoms with E-state index in [1.165, 1.54) is 0 Å². The van der Waals surface area contributed by atoms with Crippen LogP contribution in [-0.2, 0) is 11.2 Å². The predicted molar refractivity (Wildman–Crippen MR) is 104 cm³/mol. The number of aliphatic hydroxyl groups is 1. The third-order valence-corrected chi connectivity index (χ3v) is 6.20. The van der Waals surface area contributed by atoms with Gasteiger partial charge >= 0.3 is 0 Å². The maximum absolute atomic E-state index is 13.1. The van der Waals surface area contributed by atoms with E-state index in [1.54, 1.807) is 12.4 Å². The number of likely N-dealkylation sites (tertiary alicyclic amines) is 1. The molecule has 1 aromatic carbocycles. The lowest BCUT2D eigenvalue weighted by molar-refractivity contribution is -0.132. The molecule has 26 heavy (non-hydrogen) atoms. The topological polar surface area (TPSA) is 56.7 Å². The second kappa shape index (κ2) is 7.00. The summed E-state index contributed by atoms with van der Waals surface area (Å²) >= 11 is 3.57. The van der Waals surface area contributed by atoms with Gasteiger partial charge in [-0.2, -0.15) is 0 Å². The van der Waals surface area contributed by atoms with Gasteiger partial charge in [-0.25, -0.2) is 0 Å². The van der Waals surface area contributed by atoms with Gasteiger partial charge in [0.2, 0.25) is 5.91 Å². The standard InChI is InChI=1S/C20H22BrN3O2/c1-23-17-5-4-14(21)10-16(17)20-15(18(23)12-25)6-8-24(20)19(26)9-13-3-2-7-22-11-13/h2-5,7,10-11,15,18,20,25H,6,8-9,12H2,1H3/t15-,18+,20-/m1/s1. The summed E-state index contributed by atoms with van der Waals surface area (Å²) in [6, 6.07) is 10.0. The average Bonchev–Trinajstić information content (AvgIpc) is 3.08. The number of pyridine rings is 1. The molecule has 1 amide bonds. The Morgan fingerprint density at radius 1 is 1.38 bits per heavy atom. The van der Waals surface area contributed by atoms with Gasteiger partial charge in [0.25, 0.3) is 0 Å². The molecule has 4 rings (SSSR count). The quantitative estimate of drug-likeness (QED) is 0.836. The molecule has 0 unspecified atom stereocenters. The maximum atomic E-state index is 13.1. The summed E-state index contributed by atoms with van der Waals surface area (Å²) in [5.74, 6) is 0.363. The second-order valence-corrected chi connectivity index (χ2v) is 8.00. The summed E-state index contributed by atoms with van der Waals surface area (Å²) in [7, 11) is 2.03. The molecule has 6 heteroatoms. The summed E-state index contributed by atoms with van der Waals surface area (Å²) < 4.78 is 1.01. The van der Waals surface area contributed by atoms with Crippen LogP contribution in [0.5, 0.6) is 0 Å². The van der Waals surface area contributed by atoms with Gasteiger partial charge in [-0.3, -0.25) is 9.78 Å². The lowest BCUT2D eigenvalue weighted by atomic mass is 9.82. The first-order valence-electron chi connectivity index (χ1n) is 8.91. The number of halogens is 1. The van der Waals surface area contributed by atoms with Gasteiger partial charge < -0.3 is 14.9 Å². The Morgan fingerprint density at radius 3 is 2.96 bits per heavy atom. The van der Waals surface area contributed by atoms with E-state index >= 15 is 0 Å². The Labute approximate surface area is 161 Å². The van der Waals surface area contributed by atoms with E-state index in [9.17, 15) is 9.90 Å². The molecule has 3 atom stereocenters. The van der Waals surface area contributed by atoms with E-state index in [0.717, 1.165) is 34.3 Å². The molecule has 3 heterocycles.